The largest absolute Gasteiger partial charge is 1.00 e. The third kappa shape index (κ3) is 3.80. The SMILES string of the molecule is CCCCc1cccc2cccc(S(=O)(=O)[O-])c12.[Na+]. The molecule has 0 amide bonds. The molecule has 0 radical (unpaired) electrons. The van der Waals surface area contributed by atoms with Crippen LogP contribution in [0.4, 0.5) is 0 Å². The van der Waals surface area contributed by atoms with Gasteiger partial charge in [-0.3, -0.25) is 0 Å². The van der Waals surface area contributed by atoms with E-state index in [1.165, 1.54) is 6.07 Å². The van der Waals surface area contributed by atoms with Gasteiger partial charge in [-0.15, -0.1) is 0 Å². The maximum Gasteiger partial charge on any atom is 1.00 e. The monoisotopic (exact) mass is 286 g/mol. The molecule has 0 saturated carbocycles. The summed E-state index contributed by atoms with van der Waals surface area (Å²) in [5, 5.41) is 1.39. The normalized spacial score (nSPS) is 11.3. The van der Waals surface area contributed by atoms with Crippen molar-refractivity contribution in [1.29, 1.82) is 0 Å². The van der Waals surface area contributed by atoms with Crippen molar-refractivity contribution in [2.24, 2.45) is 0 Å². The molecule has 3 nitrogen and oxygen atoms in total. The summed E-state index contributed by atoms with van der Waals surface area (Å²) in [6.07, 6.45) is 2.80. The molecule has 0 N–H and O–H groups in total. The molecule has 0 spiro atoms. The van der Waals surface area contributed by atoms with E-state index in [-0.39, 0.29) is 34.5 Å². The Labute approximate surface area is 136 Å². The zero-order valence-electron chi connectivity index (χ0n) is 11.2. The van der Waals surface area contributed by atoms with Gasteiger partial charge in [-0.2, -0.15) is 0 Å². The molecule has 5 heteroatoms. The molecule has 0 aliphatic heterocycles. The summed E-state index contributed by atoms with van der Waals surface area (Å²) in [5.41, 5.74) is 0.935. The van der Waals surface area contributed by atoms with E-state index in [0.717, 1.165) is 30.2 Å². The number of unbranched alkanes of at least 4 members (excludes halogenated alkanes) is 1. The predicted octanol–water partition coefficient (Wildman–Crippen LogP) is 0.0905. The van der Waals surface area contributed by atoms with Crippen molar-refractivity contribution in [3.05, 3.63) is 42.0 Å². The van der Waals surface area contributed by atoms with Crippen LogP contribution in [0, 0.1) is 0 Å². The second kappa shape index (κ2) is 6.86. The van der Waals surface area contributed by atoms with Crippen molar-refractivity contribution in [3.63, 3.8) is 0 Å². The van der Waals surface area contributed by atoms with Gasteiger partial charge in [0.15, 0.2) is 0 Å². The zero-order chi connectivity index (χ0) is 13.2. The van der Waals surface area contributed by atoms with Crippen LogP contribution < -0.4 is 29.6 Å². The number of hydrogen-bond acceptors (Lipinski definition) is 3. The number of fused-ring (bicyclic) bond motifs is 1. The Morgan fingerprint density at radius 2 is 1.74 bits per heavy atom. The van der Waals surface area contributed by atoms with Crippen molar-refractivity contribution >= 4 is 20.9 Å². The van der Waals surface area contributed by atoms with Crippen molar-refractivity contribution in [3.8, 4) is 0 Å². The van der Waals surface area contributed by atoms with Crippen LogP contribution in [0.25, 0.3) is 10.8 Å². The molecule has 0 unspecified atom stereocenters. The molecule has 0 saturated heterocycles. The summed E-state index contributed by atoms with van der Waals surface area (Å²) in [6, 6.07) is 10.5. The van der Waals surface area contributed by atoms with E-state index in [0.29, 0.717) is 5.39 Å². The Bertz CT molecular complexity index is 660. The van der Waals surface area contributed by atoms with Gasteiger partial charge in [-0.1, -0.05) is 43.7 Å². The molecule has 0 aliphatic rings. The quantitative estimate of drug-likeness (QED) is 0.591. The Hall–Kier alpha value is -0.390. The van der Waals surface area contributed by atoms with Crippen LogP contribution >= 0.6 is 0 Å². The van der Waals surface area contributed by atoms with Gasteiger partial charge in [-0.05, 0) is 29.9 Å². The van der Waals surface area contributed by atoms with Crippen molar-refractivity contribution in [2.45, 2.75) is 31.1 Å². The smallest absolute Gasteiger partial charge is 0.744 e. The predicted molar refractivity (Wildman–Crippen MR) is 70.5 cm³/mol. The van der Waals surface area contributed by atoms with Gasteiger partial charge in [0.2, 0.25) is 0 Å². The molecule has 96 valence electrons. The fourth-order valence-electron chi connectivity index (χ4n) is 2.17. The van der Waals surface area contributed by atoms with E-state index < -0.39 is 10.1 Å². The van der Waals surface area contributed by atoms with Gasteiger partial charge in [0.05, 0.1) is 4.90 Å². The Morgan fingerprint density at radius 3 is 2.32 bits per heavy atom. The van der Waals surface area contributed by atoms with Crippen molar-refractivity contribution in [1.82, 2.24) is 0 Å². The van der Waals surface area contributed by atoms with Crippen LogP contribution in [0.5, 0.6) is 0 Å². The molecule has 2 aromatic carbocycles. The topological polar surface area (TPSA) is 57.2 Å². The van der Waals surface area contributed by atoms with Gasteiger partial charge in [0.1, 0.15) is 10.1 Å². The molecule has 0 aliphatic carbocycles. The van der Waals surface area contributed by atoms with E-state index in [1.54, 1.807) is 6.07 Å². The average molecular weight is 286 g/mol. The first-order chi connectivity index (χ1) is 8.54. The van der Waals surface area contributed by atoms with Gasteiger partial charge in [0, 0.05) is 5.39 Å². The minimum absolute atomic E-state index is 0. The summed E-state index contributed by atoms with van der Waals surface area (Å²) in [6.45, 7) is 2.08. The van der Waals surface area contributed by atoms with Crippen molar-refractivity contribution < 1.29 is 42.5 Å². The molecule has 2 rings (SSSR count). The summed E-state index contributed by atoms with van der Waals surface area (Å²) in [4.78, 5) is -0.105. The van der Waals surface area contributed by atoms with Crippen LogP contribution in [-0.2, 0) is 16.5 Å². The minimum Gasteiger partial charge on any atom is -0.744 e. The Balaban J connectivity index is 0.00000180. The van der Waals surface area contributed by atoms with Crippen LogP contribution in [0.15, 0.2) is 41.3 Å². The van der Waals surface area contributed by atoms with Gasteiger partial charge >= 0.3 is 29.6 Å². The third-order valence-corrected chi connectivity index (χ3v) is 3.90. The van der Waals surface area contributed by atoms with Crippen LogP contribution in [0.1, 0.15) is 25.3 Å². The summed E-state index contributed by atoms with van der Waals surface area (Å²) in [7, 11) is -4.43. The maximum absolute atomic E-state index is 11.3. The van der Waals surface area contributed by atoms with Gasteiger partial charge < -0.3 is 4.55 Å². The number of aryl methyl sites for hydroxylation is 1. The molecule has 0 bridgehead atoms. The zero-order valence-corrected chi connectivity index (χ0v) is 14.0. The molecule has 2 aromatic rings. The first kappa shape index (κ1) is 16.7. The Morgan fingerprint density at radius 1 is 1.11 bits per heavy atom. The van der Waals surface area contributed by atoms with E-state index in [9.17, 15) is 13.0 Å². The number of rotatable bonds is 4. The van der Waals surface area contributed by atoms with E-state index >= 15 is 0 Å². The molecular formula is C14H15NaO3S. The first-order valence-electron chi connectivity index (χ1n) is 6.00. The molecule has 19 heavy (non-hydrogen) atoms. The average Bonchev–Trinajstić information content (AvgIpc) is 2.34. The number of hydrogen-bond donors (Lipinski definition) is 0. The molecule has 0 atom stereocenters. The second-order valence-corrected chi connectivity index (χ2v) is 5.68. The van der Waals surface area contributed by atoms with E-state index in [4.69, 9.17) is 0 Å². The van der Waals surface area contributed by atoms with E-state index in [1.807, 2.05) is 24.3 Å². The van der Waals surface area contributed by atoms with Gasteiger partial charge in [-0.25, -0.2) is 8.42 Å². The van der Waals surface area contributed by atoms with Crippen LogP contribution in [0.3, 0.4) is 0 Å². The second-order valence-electron chi connectivity index (χ2n) is 4.33. The van der Waals surface area contributed by atoms with Crippen LogP contribution in [-0.4, -0.2) is 13.0 Å². The molecular weight excluding hydrogens is 271 g/mol. The summed E-state index contributed by atoms with van der Waals surface area (Å²) in [5.74, 6) is 0. The summed E-state index contributed by atoms with van der Waals surface area (Å²) < 4.78 is 34.0. The standard InChI is InChI=1S/C14H16O3S.Na/c1-2-3-6-11-7-4-8-12-9-5-10-13(14(11)12)18(15,16)17;/h4-5,7-10H,2-3,6H2,1H3,(H,15,16,17);/q;+1/p-1. The maximum atomic E-state index is 11.3. The van der Waals surface area contributed by atoms with Crippen molar-refractivity contribution in [2.75, 3.05) is 0 Å². The molecule has 0 aromatic heterocycles. The Kier molecular flexibility index (Phi) is 6.02. The number of benzene rings is 2. The fraction of sp³-hybridized carbons (Fsp3) is 0.286. The molecule has 0 heterocycles. The minimum atomic E-state index is -4.43. The third-order valence-electron chi connectivity index (χ3n) is 3.02. The molecule has 0 fully saturated rings. The summed E-state index contributed by atoms with van der Waals surface area (Å²) >= 11 is 0. The van der Waals surface area contributed by atoms with Gasteiger partial charge in [0.25, 0.3) is 0 Å². The fourth-order valence-corrected chi connectivity index (χ4v) is 2.91. The first-order valence-corrected chi connectivity index (χ1v) is 7.41. The van der Waals surface area contributed by atoms with E-state index in [2.05, 4.69) is 6.92 Å². The van der Waals surface area contributed by atoms with Crippen LogP contribution in [0.2, 0.25) is 0 Å².